The fourth-order valence-corrected chi connectivity index (χ4v) is 1.81. The van der Waals surface area contributed by atoms with Gasteiger partial charge in [-0.15, -0.1) is 0 Å². The second-order valence-corrected chi connectivity index (χ2v) is 4.54. The van der Waals surface area contributed by atoms with Gasteiger partial charge in [0.2, 0.25) is 5.91 Å². The van der Waals surface area contributed by atoms with E-state index in [1.165, 1.54) is 12.1 Å². The van der Waals surface area contributed by atoms with E-state index in [2.05, 4.69) is 5.32 Å². The van der Waals surface area contributed by atoms with E-state index in [1.807, 2.05) is 0 Å². The third-order valence-electron chi connectivity index (χ3n) is 3.15. The van der Waals surface area contributed by atoms with Crippen molar-refractivity contribution in [3.05, 3.63) is 29.8 Å². The molecule has 0 radical (unpaired) electrons. The van der Waals surface area contributed by atoms with Crippen LogP contribution in [0.5, 0.6) is 0 Å². The first-order valence-electron chi connectivity index (χ1n) is 5.59. The van der Waals surface area contributed by atoms with Crippen molar-refractivity contribution in [2.75, 3.05) is 5.32 Å². The van der Waals surface area contributed by atoms with Gasteiger partial charge in [0.05, 0.1) is 11.1 Å². The van der Waals surface area contributed by atoms with Gasteiger partial charge in [-0.1, -0.05) is 6.07 Å². The maximum Gasteiger partial charge on any atom is 0.416 e. The molecule has 18 heavy (non-hydrogen) atoms. The average molecular weight is 258 g/mol. The molecule has 0 aromatic heterocycles. The van der Waals surface area contributed by atoms with E-state index in [4.69, 9.17) is 5.73 Å². The van der Waals surface area contributed by atoms with Crippen LogP contribution in [-0.2, 0) is 11.0 Å². The highest BCUT2D eigenvalue weighted by molar-refractivity contribution is 5.98. The monoisotopic (exact) mass is 258 g/mol. The van der Waals surface area contributed by atoms with Crippen molar-refractivity contribution in [2.24, 2.45) is 5.73 Å². The largest absolute Gasteiger partial charge is 0.416 e. The molecule has 3 nitrogen and oxygen atoms in total. The zero-order valence-electron chi connectivity index (χ0n) is 9.55. The second-order valence-electron chi connectivity index (χ2n) is 4.54. The molecule has 1 aromatic rings. The van der Waals surface area contributed by atoms with Crippen molar-refractivity contribution in [2.45, 2.75) is 31.0 Å². The first kappa shape index (κ1) is 12.9. The van der Waals surface area contributed by atoms with Crippen molar-refractivity contribution in [1.82, 2.24) is 0 Å². The lowest BCUT2D eigenvalue weighted by Crippen LogP contribution is -2.56. The normalized spacial score (nSPS) is 18.0. The number of nitrogens with one attached hydrogen (secondary N) is 1. The predicted molar refractivity (Wildman–Crippen MR) is 60.8 cm³/mol. The Morgan fingerprint density at radius 1 is 1.33 bits per heavy atom. The SMILES string of the molecule is NC1(C(=O)Nc2cccc(C(F)(F)F)c2)CCC1. The van der Waals surface area contributed by atoms with E-state index in [-0.39, 0.29) is 5.69 Å². The molecule has 6 heteroatoms. The minimum Gasteiger partial charge on any atom is -0.324 e. The maximum absolute atomic E-state index is 12.5. The molecule has 0 heterocycles. The van der Waals surface area contributed by atoms with Crippen molar-refractivity contribution >= 4 is 11.6 Å². The fraction of sp³-hybridized carbons (Fsp3) is 0.417. The Morgan fingerprint density at radius 3 is 2.50 bits per heavy atom. The summed E-state index contributed by atoms with van der Waals surface area (Å²) < 4.78 is 37.4. The Morgan fingerprint density at radius 2 is 2.00 bits per heavy atom. The highest BCUT2D eigenvalue weighted by Crippen LogP contribution is 2.32. The zero-order chi connectivity index (χ0) is 13.4. The van der Waals surface area contributed by atoms with Crippen LogP contribution in [0.1, 0.15) is 24.8 Å². The molecule has 0 atom stereocenters. The number of hydrogen-bond acceptors (Lipinski definition) is 2. The van der Waals surface area contributed by atoms with Gasteiger partial charge in [-0.05, 0) is 37.5 Å². The molecule has 1 fully saturated rings. The number of carbonyl (C=O) groups is 1. The summed E-state index contributed by atoms with van der Waals surface area (Å²) in [5.41, 5.74) is 4.19. The molecular weight excluding hydrogens is 245 g/mol. The van der Waals surface area contributed by atoms with Gasteiger partial charge in [0.25, 0.3) is 0 Å². The topological polar surface area (TPSA) is 55.1 Å². The Hall–Kier alpha value is -1.56. The summed E-state index contributed by atoms with van der Waals surface area (Å²) in [7, 11) is 0. The number of halogens is 3. The number of anilines is 1. The molecule has 0 spiro atoms. The molecule has 1 saturated carbocycles. The van der Waals surface area contributed by atoms with Gasteiger partial charge < -0.3 is 11.1 Å². The second kappa shape index (κ2) is 4.28. The van der Waals surface area contributed by atoms with Gasteiger partial charge >= 0.3 is 6.18 Å². The molecule has 1 aliphatic rings. The average Bonchev–Trinajstić information content (AvgIpc) is 2.25. The quantitative estimate of drug-likeness (QED) is 0.856. The van der Waals surface area contributed by atoms with Crippen LogP contribution < -0.4 is 11.1 Å². The van der Waals surface area contributed by atoms with Crippen molar-refractivity contribution in [1.29, 1.82) is 0 Å². The van der Waals surface area contributed by atoms with Gasteiger partial charge in [0, 0.05) is 5.69 Å². The van der Waals surface area contributed by atoms with Gasteiger partial charge in [0.15, 0.2) is 0 Å². The van der Waals surface area contributed by atoms with Crippen molar-refractivity contribution in [3.63, 3.8) is 0 Å². The molecule has 0 saturated heterocycles. The third-order valence-corrected chi connectivity index (χ3v) is 3.15. The summed E-state index contributed by atoms with van der Waals surface area (Å²) in [5, 5.41) is 2.43. The maximum atomic E-state index is 12.5. The first-order valence-corrected chi connectivity index (χ1v) is 5.59. The molecule has 0 bridgehead atoms. The predicted octanol–water partition coefficient (Wildman–Crippen LogP) is 2.53. The van der Waals surface area contributed by atoms with E-state index >= 15 is 0 Å². The fourth-order valence-electron chi connectivity index (χ4n) is 1.81. The van der Waals surface area contributed by atoms with E-state index in [1.54, 1.807) is 0 Å². The highest BCUT2D eigenvalue weighted by Gasteiger charge is 2.40. The number of amides is 1. The lowest BCUT2D eigenvalue weighted by atomic mass is 9.77. The van der Waals surface area contributed by atoms with Crippen LogP contribution in [0, 0.1) is 0 Å². The third kappa shape index (κ3) is 2.48. The van der Waals surface area contributed by atoms with Crippen molar-refractivity contribution < 1.29 is 18.0 Å². The minimum absolute atomic E-state index is 0.117. The highest BCUT2D eigenvalue weighted by atomic mass is 19.4. The van der Waals surface area contributed by atoms with Gasteiger partial charge in [-0.3, -0.25) is 4.79 Å². The number of carbonyl (C=O) groups excluding carboxylic acids is 1. The van der Waals surface area contributed by atoms with Crippen LogP contribution in [0.15, 0.2) is 24.3 Å². The van der Waals surface area contributed by atoms with Crippen LogP contribution >= 0.6 is 0 Å². The number of rotatable bonds is 2. The molecule has 1 aromatic carbocycles. The molecule has 2 rings (SSSR count). The molecule has 0 unspecified atom stereocenters. The first-order chi connectivity index (χ1) is 8.31. The number of benzene rings is 1. The zero-order valence-corrected chi connectivity index (χ0v) is 9.55. The Kier molecular flexibility index (Phi) is 3.06. The number of nitrogens with two attached hydrogens (primary N) is 1. The summed E-state index contributed by atoms with van der Waals surface area (Å²) >= 11 is 0. The molecule has 1 aliphatic carbocycles. The smallest absolute Gasteiger partial charge is 0.324 e. The van der Waals surface area contributed by atoms with Crippen LogP contribution in [0.2, 0.25) is 0 Å². The summed E-state index contributed by atoms with van der Waals surface area (Å²) in [6, 6.07) is 4.52. The number of alkyl halides is 3. The van der Waals surface area contributed by atoms with Gasteiger partial charge in [0.1, 0.15) is 0 Å². The summed E-state index contributed by atoms with van der Waals surface area (Å²) in [4.78, 5) is 11.8. The van der Waals surface area contributed by atoms with E-state index in [9.17, 15) is 18.0 Å². The van der Waals surface area contributed by atoms with E-state index < -0.39 is 23.2 Å². The summed E-state index contributed by atoms with van der Waals surface area (Å²) in [6.45, 7) is 0. The molecule has 98 valence electrons. The van der Waals surface area contributed by atoms with Crippen LogP contribution in [-0.4, -0.2) is 11.4 Å². The molecule has 0 aliphatic heterocycles. The molecular formula is C12H13F3N2O. The Balaban J connectivity index is 2.12. The van der Waals surface area contributed by atoms with Crippen molar-refractivity contribution in [3.8, 4) is 0 Å². The van der Waals surface area contributed by atoms with Crippen LogP contribution in [0.3, 0.4) is 0 Å². The molecule has 3 N–H and O–H groups in total. The Bertz CT molecular complexity index is 467. The molecule has 1 amide bonds. The minimum atomic E-state index is -4.42. The Labute approximate surface area is 102 Å². The van der Waals surface area contributed by atoms with E-state index in [0.717, 1.165) is 18.6 Å². The standard InChI is InChI=1S/C12H13F3N2O/c13-12(14,15)8-3-1-4-9(7-8)17-10(18)11(16)5-2-6-11/h1,3-4,7H,2,5-6,16H2,(H,17,18). The van der Waals surface area contributed by atoms with Crippen LogP contribution in [0.25, 0.3) is 0 Å². The number of hydrogen-bond donors (Lipinski definition) is 2. The van der Waals surface area contributed by atoms with Gasteiger partial charge in [-0.2, -0.15) is 13.2 Å². The lowest BCUT2D eigenvalue weighted by Gasteiger charge is -2.36. The summed E-state index contributed by atoms with van der Waals surface area (Å²) in [6.07, 6.45) is -2.42. The lowest BCUT2D eigenvalue weighted by molar-refractivity contribution is -0.137. The van der Waals surface area contributed by atoms with E-state index in [0.29, 0.717) is 12.8 Å². The summed E-state index contributed by atoms with van der Waals surface area (Å²) in [5.74, 6) is -0.423. The van der Waals surface area contributed by atoms with Crippen LogP contribution in [0.4, 0.5) is 18.9 Å². The van der Waals surface area contributed by atoms with Gasteiger partial charge in [-0.25, -0.2) is 0 Å².